The Morgan fingerprint density at radius 1 is 1.29 bits per heavy atom. The predicted octanol–water partition coefficient (Wildman–Crippen LogP) is 0.439. The van der Waals surface area contributed by atoms with Crippen molar-refractivity contribution in [1.29, 1.82) is 0 Å². The molecule has 0 bridgehead atoms. The van der Waals surface area contributed by atoms with Crippen molar-refractivity contribution in [3.63, 3.8) is 0 Å². The molecule has 1 amide bonds. The Labute approximate surface area is 120 Å². The van der Waals surface area contributed by atoms with Gasteiger partial charge in [-0.05, 0) is 23.8 Å². The van der Waals surface area contributed by atoms with Crippen LogP contribution in [0.5, 0.6) is 11.5 Å². The lowest BCUT2D eigenvalue weighted by atomic mass is 10.2. The first-order valence-corrected chi connectivity index (χ1v) is 6.34. The minimum absolute atomic E-state index is 0.192. The molecule has 0 saturated heterocycles. The number of hydrogen-bond acceptors (Lipinski definition) is 5. The Bertz CT molecular complexity index is 754. The average Bonchev–Trinajstić information content (AvgIpc) is 2.95. The average molecular weight is 287 g/mol. The Hall–Kier alpha value is -2.83. The van der Waals surface area contributed by atoms with Gasteiger partial charge in [-0.2, -0.15) is 5.10 Å². The van der Waals surface area contributed by atoms with Crippen LogP contribution in [0.3, 0.4) is 0 Å². The molecule has 7 nitrogen and oxygen atoms in total. The van der Waals surface area contributed by atoms with Gasteiger partial charge in [0, 0.05) is 19.7 Å². The minimum atomic E-state index is -0.344. The van der Waals surface area contributed by atoms with Crippen molar-refractivity contribution in [2.24, 2.45) is 7.05 Å². The number of benzene rings is 1. The Balaban J connectivity index is 1.68. The molecule has 7 heteroatoms. The summed E-state index contributed by atoms with van der Waals surface area (Å²) in [7, 11) is 1.50. The molecule has 0 unspecified atom stereocenters. The van der Waals surface area contributed by atoms with E-state index in [2.05, 4.69) is 10.4 Å². The molecule has 1 N–H and O–H groups in total. The third-order valence-corrected chi connectivity index (χ3v) is 3.08. The Morgan fingerprint density at radius 3 is 2.90 bits per heavy atom. The summed E-state index contributed by atoms with van der Waals surface area (Å²) in [6.07, 6.45) is 0. The number of aromatic nitrogens is 2. The van der Waals surface area contributed by atoms with Crippen LogP contribution in [0.15, 0.2) is 35.1 Å². The van der Waals surface area contributed by atoms with E-state index in [4.69, 9.17) is 9.47 Å². The second-order valence-corrected chi connectivity index (χ2v) is 4.55. The zero-order valence-electron chi connectivity index (χ0n) is 11.3. The molecular formula is C14H13N3O4. The highest BCUT2D eigenvalue weighted by Gasteiger charge is 2.14. The summed E-state index contributed by atoms with van der Waals surface area (Å²) in [4.78, 5) is 23.2. The van der Waals surface area contributed by atoms with E-state index >= 15 is 0 Å². The lowest BCUT2D eigenvalue weighted by Crippen LogP contribution is -2.28. The second kappa shape index (κ2) is 5.28. The van der Waals surface area contributed by atoms with Crippen LogP contribution in [0.2, 0.25) is 0 Å². The molecule has 1 aliphatic rings. The summed E-state index contributed by atoms with van der Waals surface area (Å²) in [6, 6.07) is 8.17. The number of fused-ring (bicyclic) bond motifs is 1. The van der Waals surface area contributed by atoms with Crippen LogP contribution in [0, 0.1) is 0 Å². The van der Waals surface area contributed by atoms with Gasteiger partial charge < -0.3 is 14.8 Å². The SMILES string of the molecule is Cn1nc(C(=O)NCc2ccc3c(c2)OCO3)ccc1=O. The lowest BCUT2D eigenvalue weighted by Gasteiger charge is -2.06. The molecule has 0 saturated carbocycles. The van der Waals surface area contributed by atoms with Gasteiger partial charge in [0.1, 0.15) is 5.69 Å². The highest BCUT2D eigenvalue weighted by molar-refractivity contribution is 5.91. The number of rotatable bonds is 3. The van der Waals surface area contributed by atoms with Gasteiger partial charge in [-0.15, -0.1) is 0 Å². The van der Waals surface area contributed by atoms with Gasteiger partial charge >= 0.3 is 0 Å². The summed E-state index contributed by atoms with van der Waals surface area (Å²) in [6.45, 7) is 0.549. The largest absolute Gasteiger partial charge is 0.454 e. The molecule has 1 aliphatic heterocycles. The maximum atomic E-state index is 12.0. The summed E-state index contributed by atoms with van der Waals surface area (Å²) >= 11 is 0. The Kier molecular flexibility index (Phi) is 3.31. The first-order valence-electron chi connectivity index (χ1n) is 6.34. The third kappa shape index (κ3) is 2.71. The van der Waals surface area contributed by atoms with Crippen molar-refractivity contribution in [2.45, 2.75) is 6.54 Å². The number of carbonyl (C=O) groups is 1. The zero-order chi connectivity index (χ0) is 14.8. The molecule has 0 atom stereocenters. The van der Waals surface area contributed by atoms with Crippen LogP contribution in [0.4, 0.5) is 0 Å². The molecule has 0 radical (unpaired) electrons. The van der Waals surface area contributed by atoms with Crippen molar-refractivity contribution in [3.8, 4) is 11.5 Å². The number of nitrogens with zero attached hydrogens (tertiary/aromatic N) is 2. The standard InChI is InChI=1S/C14H13N3O4/c1-17-13(18)5-3-10(16-17)14(19)15-7-9-2-4-11-12(6-9)21-8-20-11/h2-6H,7-8H2,1H3,(H,15,19). The van der Waals surface area contributed by atoms with Crippen LogP contribution in [-0.2, 0) is 13.6 Å². The molecule has 2 aromatic rings. The van der Waals surface area contributed by atoms with E-state index in [0.717, 1.165) is 10.2 Å². The quantitative estimate of drug-likeness (QED) is 0.885. The number of aryl methyl sites for hydroxylation is 1. The molecule has 108 valence electrons. The van der Waals surface area contributed by atoms with E-state index in [1.165, 1.54) is 19.2 Å². The Morgan fingerprint density at radius 2 is 2.10 bits per heavy atom. The third-order valence-electron chi connectivity index (χ3n) is 3.08. The number of nitrogens with one attached hydrogen (secondary N) is 1. The zero-order valence-corrected chi connectivity index (χ0v) is 11.3. The van der Waals surface area contributed by atoms with Gasteiger partial charge in [-0.3, -0.25) is 9.59 Å². The molecule has 0 fully saturated rings. The van der Waals surface area contributed by atoms with Gasteiger partial charge in [0.2, 0.25) is 6.79 Å². The van der Waals surface area contributed by atoms with E-state index in [-0.39, 0.29) is 24.0 Å². The van der Waals surface area contributed by atoms with Crippen LogP contribution in [0.25, 0.3) is 0 Å². The predicted molar refractivity (Wildman–Crippen MR) is 73.2 cm³/mol. The van der Waals surface area contributed by atoms with Crippen LogP contribution >= 0.6 is 0 Å². The van der Waals surface area contributed by atoms with Gasteiger partial charge in [0.05, 0.1) is 0 Å². The highest BCUT2D eigenvalue weighted by atomic mass is 16.7. The van der Waals surface area contributed by atoms with Gasteiger partial charge in [-0.25, -0.2) is 4.68 Å². The van der Waals surface area contributed by atoms with Crippen molar-refractivity contribution in [2.75, 3.05) is 6.79 Å². The fourth-order valence-corrected chi connectivity index (χ4v) is 1.95. The monoisotopic (exact) mass is 287 g/mol. The van der Waals surface area contributed by atoms with E-state index in [1.807, 2.05) is 12.1 Å². The maximum Gasteiger partial charge on any atom is 0.271 e. The molecule has 0 aliphatic carbocycles. The smallest absolute Gasteiger partial charge is 0.271 e. The molecule has 21 heavy (non-hydrogen) atoms. The summed E-state index contributed by atoms with van der Waals surface area (Å²) in [5.41, 5.74) is 0.817. The first-order chi connectivity index (χ1) is 10.1. The number of ether oxygens (including phenoxy) is 2. The number of carbonyl (C=O) groups excluding carboxylic acids is 1. The summed E-state index contributed by atoms with van der Waals surface area (Å²) in [5, 5.41) is 6.63. The minimum Gasteiger partial charge on any atom is -0.454 e. The fraction of sp³-hybridized carbons (Fsp3) is 0.214. The normalized spacial score (nSPS) is 12.2. The van der Waals surface area contributed by atoms with Gasteiger partial charge in [0.25, 0.3) is 11.5 Å². The van der Waals surface area contributed by atoms with E-state index in [1.54, 1.807) is 6.07 Å². The highest BCUT2D eigenvalue weighted by Crippen LogP contribution is 2.32. The van der Waals surface area contributed by atoms with Crippen LogP contribution in [0.1, 0.15) is 16.1 Å². The molecule has 2 heterocycles. The van der Waals surface area contributed by atoms with Crippen LogP contribution < -0.4 is 20.3 Å². The molecular weight excluding hydrogens is 274 g/mol. The molecule has 0 spiro atoms. The maximum absolute atomic E-state index is 12.0. The van der Waals surface area contributed by atoms with Gasteiger partial charge in [0.15, 0.2) is 11.5 Å². The van der Waals surface area contributed by atoms with E-state index in [9.17, 15) is 9.59 Å². The van der Waals surface area contributed by atoms with E-state index in [0.29, 0.717) is 18.0 Å². The van der Waals surface area contributed by atoms with Crippen molar-refractivity contribution in [1.82, 2.24) is 15.1 Å². The van der Waals surface area contributed by atoms with Crippen molar-refractivity contribution < 1.29 is 14.3 Å². The first kappa shape index (κ1) is 13.2. The number of amides is 1. The molecule has 1 aromatic heterocycles. The number of hydrogen-bond donors (Lipinski definition) is 1. The van der Waals surface area contributed by atoms with E-state index < -0.39 is 0 Å². The van der Waals surface area contributed by atoms with Crippen molar-refractivity contribution >= 4 is 5.91 Å². The van der Waals surface area contributed by atoms with Crippen molar-refractivity contribution in [3.05, 3.63) is 51.9 Å². The molecule has 1 aromatic carbocycles. The lowest BCUT2D eigenvalue weighted by molar-refractivity contribution is 0.0943. The summed E-state index contributed by atoms with van der Waals surface area (Å²) in [5.74, 6) is 1.02. The van der Waals surface area contributed by atoms with Gasteiger partial charge in [-0.1, -0.05) is 6.07 Å². The van der Waals surface area contributed by atoms with Crippen LogP contribution in [-0.4, -0.2) is 22.5 Å². The topological polar surface area (TPSA) is 82.5 Å². The second-order valence-electron chi connectivity index (χ2n) is 4.55. The molecule has 3 rings (SSSR count). The summed E-state index contributed by atoms with van der Waals surface area (Å²) < 4.78 is 11.6. The fourth-order valence-electron chi connectivity index (χ4n) is 1.95.